The summed E-state index contributed by atoms with van der Waals surface area (Å²) in [6.07, 6.45) is 0. The lowest BCUT2D eigenvalue weighted by Gasteiger charge is -2.34. The minimum atomic E-state index is -3.82. The Bertz CT molecular complexity index is 1710. The van der Waals surface area contributed by atoms with Crippen LogP contribution in [-0.4, -0.2) is 63.4 Å². The van der Waals surface area contributed by atoms with E-state index in [-0.39, 0.29) is 48.0 Å². The summed E-state index contributed by atoms with van der Waals surface area (Å²) in [7, 11) is -2.30. The number of sulfonamides is 1. The van der Waals surface area contributed by atoms with Gasteiger partial charge in [-0.2, -0.15) is 4.31 Å². The summed E-state index contributed by atoms with van der Waals surface area (Å²) in [6.45, 7) is 1.92. The molecular weight excluding hydrogens is 539 g/mol. The Balaban J connectivity index is 1.34. The SMILES string of the molecule is COc1ccc2c(=O)c(OCC(=O)N3CCN(S(=O)(=O)c4ccc(F)cc4)CC3)c(-c3ccc(C)cc3)oc2c1. The molecule has 1 aliphatic heterocycles. The first kappa shape index (κ1) is 27.4. The third kappa shape index (κ3) is 5.43. The molecule has 1 amide bonds. The first-order chi connectivity index (χ1) is 19.2. The molecule has 40 heavy (non-hydrogen) atoms. The fraction of sp³-hybridized carbons (Fsp3) is 0.241. The molecule has 0 N–H and O–H groups in total. The van der Waals surface area contributed by atoms with Gasteiger partial charge < -0.3 is 18.8 Å². The van der Waals surface area contributed by atoms with Gasteiger partial charge in [-0.25, -0.2) is 12.8 Å². The van der Waals surface area contributed by atoms with E-state index in [2.05, 4.69) is 0 Å². The molecule has 11 heteroatoms. The number of hydrogen-bond donors (Lipinski definition) is 0. The van der Waals surface area contributed by atoms with Crippen LogP contribution in [0.5, 0.6) is 11.5 Å². The summed E-state index contributed by atoms with van der Waals surface area (Å²) in [5, 5.41) is 0.277. The van der Waals surface area contributed by atoms with E-state index in [4.69, 9.17) is 13.9 Å². The standard InChI is InChI=1S/C29H27FN2O7S/c1-19-3-5-20(6-4-19)28-29(27(34)24-12-9-22(37-2)17-25(24)39-28)38-18-26(33)31-13-15-32(16-14-31)40(35,36)23-10-7-21(30)8-11-23/h3-12,17H,13-16,18H2,1-2H3. The average molecular weight is 567 g/mol. The summed E-state index contributed by atoms with van der Waals surface area (Å²) in [5.41, 5.74) is 1.51. The Kier molecular flexibility index (Phi) is 7.59. The van der Waals surface area contributed by atoms with E-state index in [1.54, 1.807) is 30.3 Å². The number of hydrogen-bond acceptors (Lipinski definition) is 7. The van der Waals surface area contributed by atoms with Gasteiger partial charge in [-0.3, -0.25) is 9.59 Å². The van der Waals surface area contributed by atoms with Crippen molar-refractivity contribution in [3.05, 3.63) is 88.3 Å². The Labute approximate surface area is 230 Å². The lowest BCUT2D eigenvalue weighted by Crippen LogP contribution is -2.51. The van der Waals surface area contributed by atoms with Gasteiger partial charge in [0.05, 0.1) is 17.4 Å². The van der Waals surface area contributed by atoms with Crippen molar-refractivity contribution in [2.24, 2.45) is 0 Å². The predicted octanol–water partition coefficient (Wildman–Crippen LogP) is 3.83. The molecule has 0 spiro atoms. The number of carbonyl (C=O) groups is 1. The number of carbonyl (C=O) groups excluding carboxylic acids is 1. The molecule has 1 aliphatic rings. The summed E-state index contributed by atoms with van der Waals surface area (Å²) < 4.78 is 57.4. The van der Waals surface area contributed by atoms with Crippen LogP contribution in [0.25, 0.3) is 22.3 Å². The molecule has 0 atom stereocenters. The highest BCUT2D eigenvalue weighted by atomic mass is 32.2. The first-order valence-electron chi connectivity index (χ1n) is 12.6. The molecule has 208 valence electrons. The van der Waals surface area contributed by atoms with Crippen molar-refractivity contribution in [2.75, 3.05) is 39.9 Å². The molecule has 0 aliphatic carbocycles. The molecular formula is C29H27FN2O7S. The third-order valence-electron chi connectivity index (χ3n) is 6.75. The zero-order valence-electron chi connectivity index (χ0n) is 21.9. The predicted molar refractivity (Wildman–Crippen MR) is 146 cm³/mol. The highest BCUT2D eigenvalue weighted by Crippen LogP contribution is 2.32. The van der Waals surface area contributed by atoms with Crippen LogP contribution in [0.2, 0.25) is 0 Å². The molecule has 0 saturated carbocycles. The second-order valence-corrected chi connectivity index (χ2v) is 11.3. The topological polar surface area (TPSA) is 106 Å². The molecule has 3 aromatic carbocycles. The minimum absolute atomic E-state index is 0.0127. The summed E-state index contributed by atoms with van der Waals surface area (Å²) >= 11 is 0. The van der Waals surface area contributed by atoms with Crippen LogP contribution in [0.4, 0.5) is 4.39 Å². The second kappa shape index (κ2) is 11.1. The largest absolute Gasteiger partial charge is 0.497 e. The van der Waals surface area contributed by atoms with Crippen molar-refractivity contribution < 1.29 is 31.5 Å². The van der Waals surface area contributed by atoms with Crippen LogP contribution in [0, 0.1) is 12.7 Å². The molecule has 1 aromatic heterocycles. The van der Waals surface area contributed by atoms with E-state index in [0.29, 0.717) is 16.9 Å². The van der Waals surface area contributed by atoms with Crippen molar-refractivity contribution in [3.8, 4) is 22.8 Å². The number of piperazine rings is 1. The van der Waals surface area contributed by atoms with E-state index in [9.17, 15) is 22.4 Å². The zero-order chi connectivity index (χ0) is 28.4. The van der Waals surface area contributed by atoms with Crippen molar-refractivity contribution >= 4 is 26.9 Å². The van der Waals surface area contributed by atoms with Gasteiger partial charge in [0.2, 0.25) is 21.2 Å². The number of methoxy groups -OCH3 is 1. The van der Waals surface area contributed by atoms with Gasteiger partial charge in [0.15, 0.2) is 12.4 Å². The Morgan fingerprint density at radius 2 is 1.65 bits per heavy atom. The van der Waals surface area contributed by atoms with Crippen molar-refractivity contribution in [1.29, 1.82) is 0 Å². The quantitative estimate of drug-likeness (QED) is 0.335. The maximum atomic E-state index is 13.4. The zero-order valence-corrected chi connectivity index (χ0v) is 22.7. The van der Waals surface area contributed by atoms with Crippen LogP contribution < -0.4 is 14.9 Å². The summed E-state index contributed by atoms with van der Waals surface area (Å²) in [5.74, 6) is -0.306. The molecule has 4 aromatic rings. The average Bonchev–Trinajstić information content (AvgIpc) is 2.97. The highest BCUT2D eigenvalue weighted by molar-refractivity contribution is 7.89. The maximum absolute atomic E-state index is 13.4. The van der Waals surface area contributed by atoms with Gasteiger partial charge in [-0.15, -0.1) is 0 Å². The van der Waals surface area contributed by atoms with Crippen molar-refractivity contribution in [2.45, 2.75) is 11.8 Å². The number of fused-ring (bicyclic) bond motifs is 1. The van der Waals surface area contributed by atoms with E-state index < -0.39 is 33.8 Å². The number of halogens is 1. The number of nitrogens with zero attached hydrogens (tertiary/aromatic N) is 2. The lowest BCUT2D eigenvalue weighted by atomic mass is 10.1. The highest BCUT2D eigenvalue weighted by Gasteiger charge is 2.30. The maximum Gasteiger partial charge on any atom is 0.260 e. The molecule has 0 radical (unpaired) electrons. The van der Waals surface area contributed by atoms with Crippen molar-refractivity contribution in [3.63, 3.8) is 0 Å². The van der Waals surface area contributed by atoms with Gasteiger partial charge >= 0.3 is 0 Å². The van der Waals surface area contributed by atoms with Gasteiger partial charge in [-0.1, -0.05) is 29.8 Å². The summed E-state index contributed by atoms with van der Waals surface area (Å²) in [4.78, 5) is 27.9. The van der Waals surface area contributed by atoms with E-state index in [1.807, 2.05) is 19.1 Å². The lowest BCUT2D eigenvalue weighted by molar-refractivity contribution is -0.134. The third-order valence-corrected chi connectivity index (χ3v) is 8.67. The normalized spacial score (nSPS) is 14.3. The first-order valence-corrected chi connectivity index (χ1v) is 14.0. The number of benzene rings is 3. The molecule has 1 saturated heterocycles. The van der Waals surface area contributed by atoms with Crippen LogP contribution in [0.1, 0.15) is 5.56 Å². The Morgan fingerprint density at radius 3 is 2.30 bits per heavy atom. The van der Waals surface area contributed by atoms with Gasteiger partial charge in [-0.05, 0) is 43.3 Å². The fourth-order valence-corrected chi connectivity index (χ4v) is 5.89. The molecule has 0 unspecified atom stereocenters. The van der Waals surface area contributed by atoms with Crippen LogP contribution >= 0.6 is 0 Å². The van der Waals surface area contributed by atoms with Crippen LogP contribution in [-0.2, 0) is 14.8 Å². The smallest absolute Gasteiger partial charge is 0.260 e. The monoisotopic (exact) mass is 566 g/mol. The summed E-state index contributed by atoms with van der Waals surface area (Å²) in [6, 6.07) is 16.8. The number of amides is 1. The van der Waals surface area contributed by atoms with Crippen LogP contribution in [0.15, 0.2) is 80.8 Å². The minimum Gasteiger partial charge on any atom is -0.497 e. The van der Waals surface area contributed by atoms with Gasteiger partial charge in [0.1, 0.15) is 17.1 Å². The van der Waals surface area contributed by atoms with E-state index >= 15 is 0 Å². The Hall–Kier alpha value is -4.22. The Morgan fingerprint density at radius 1 is 0.975 bits per heavy atom. The van der Waals surface area contributed by atoms with Gasteiger partial charge in [0, 0.05) is 37.8 Å². The number of ether oxygens (including phenoxy) is 2. The van der Waals surface area contributed by atoms with Crippen LogP contribution in [0.3, 0.4) is 0 Å². The van der Waals surface area contributed by atoms with Gasteiger partial charge in [0.25, 0.3) is 5.91 Å². The van der Waals surface area contributed by atoms with E-state index in [1.165, 1.54) is 28.4 Å². The van der Waals surface area contributed by atoms with Crippen molar-refractivity contribution in [1.82, 2.24) is 9.21 Å². The number of rotatable bonds is 7. The molecule has 0 bridgehead atoms. The molecule has 9 nitrogen and oxygen atoms in total. The molecule has 1 fully saturated rings. The molecule has 5 rings (SSSR count). The second-order valence-electron chi connectivity index (χ2n) is 9.35. The fourth-order valence-electron chi connectivity index (χ4n) is 4.47. The van der Waals surface area contributed by atoms with E-state index in [0.717, 1.165) is 17.7 Å². The number of aryl methyl sites for hydroxylation is 1. The molecule has 2 heterocycles.